The summed E-state index contributed by atoms with van der Waals surface area (Å²) < 4.78 is 39.5. The van der Waals surface area contributed by atoms with Gasteiger partial charge >= 0.3 is 6.09 Å². The minimum atomic E-state index is -0.702. The summed E-state index contributed by atoms with van der Waals surface area (Å²) in [6.45, 7) is 7.34. The highest BCUT2D eigenvalue weighted by Crippen LogP contribution is 2.16. The molecule has 6 nitrogen and oxygen atoms in total. The first kappa shape index (κ1) is 25.0. The number of amides is 1. The first-order valence-corrected chi connectivity index (χ1v) is 10.8. The molecular weight excluding hydrogens is 441 g/mol. The number of pyridine rings is 1. The highest BCUT2D eigenvalue weighted by molar-refractivity contribution is 6.33. The molecule has 178 valence electrons. The second-order valence-corrected chi connectivity index (χ2v) is 9.01. The summed E-state index contributed by atoms with van der Waals surface area (Å²) >= 11 is 0. The van der Waals surface area contributed by atoms with Crippen LogP contribution in [0.4, 0.5) is 19.3 Å². The Morgan fingerprint density at radius 1 is 1.09 bits per heavy atom. The predicted molar refractivity (Wildman–Crippen MR) is 130 cm³/mol. The third-order valence-corrected chi connectivity index (χ3v) is 5.04. The van der Waals surface area contributed by atoms with Crippen LogP contribution in [-0.2, 0) is 17.9 Å². The number of carbonyl (C=O) groups excluding carboxylic acids is 1. The summed E-state index contributed by atoms with van der Waals surface area (Å²) in [6, 6.07) is 12.1. The van der Waals surface area contributed by atoms with Crippen LogP contribution >= 0.6 is 0 Å². The van der Waals surface area contributed by atoms with Crippen molar-refractivity contribution in [2.75, 3.05) is 5.32 Å². The molecule has 1 heterocycles. The molecule has 3 rings (SSSR count). The number of benzene rings is 2. The first-order chi connectivity index (χ1) is 15.9. The number of hydrogen-bond acceptors (Lipinski definition) is 4. The first-order valence-electron chi connectivity index (χ1n) is 10.8. The molecule has 2 aromatic carbocycles. The van der Waals surface area contributed by atoms with Gasteiger partial charge in [-0.1, -0.05) is 12.1 Å². The molecule has 1 aromatic heterocycles. The van der Waals surface area contributed by atoms with Gasteiger partial charge in [0.2, 0.25) is 5.56 Å². The van der Waals surface area contributed by atoms with Gasteiger partial charge in [-0.2, -0.15) is 0 Å². The summed E-state index contributed by atoms with van der Waals surface area (Å²) in [5, 5.41) is 2.67. The van der Waals surface area contributed by atoms with E-state index in [4.69, 9.17) is 9.47 Å². The van der Waals surface area contributed by atoms with E-state index in [0.29, 0.717) is 29.1 Å². The van der Waals surface area contributed by atoms with E-state index in [0.717, 1.165) is 17.7 Å². The maximum atomic E-state index is 13.9. The van der Waals surface area contributed by atoms with Crippen molar-refractivity contribution in [3.05, 3.63) is 87.3 Å². The molecule has 0 bridgehead atoms. The van der Waals surface area contributed by atoms with Crippen LogP contribution in [0.25, 0.3) is 0 Å². The number of ether oxygens (including phenoxy) is 2. The summed E-state index contributed by atoms with van der Waals surface area (Å²) in [6.07, 6.45) is -0.543. The van der Waals surface area contributed by atoms with Gasteiger partial charge in [-0.25, -0.2) is 13.6 Å². The zero-order valence-corrected chi connectivity index (χ0v) is 19.9. The average molecular weight is 468 g/mol. The number of hydrogen-bond donors (Lipinski definition) is 1. The van der Waals surface area contributed by atoms with Gasteiger partial charge in [0.15, 0.2) is 7.85 Å². The number of nitrogens with zero attached hydrogens (tertiary/aromatic N) is 1. The number of aromatic nitrogens is 1. The molecule has 0 aliphatic carbocycles. The van der Waals surface area contributed by atoms with Crippen molar-refractivity contribution < 1.29 is 23.0 Å². The van der Waals surface area contributed by atoms with Crippen LogP contribution in [0.3, 0.4) is 0 Å². The molecule has 9 heteroatoms. The molecule has 0 radical (unpaired) electrons. The van der Waals surface area contributed by atoms with E-state index in [2.05, 4.69) is 5.32 Å². The fourth-order valence-corrected chi connectivity index (χ4v) is 3.28. The molecule has 0 fully saturated rings. The standard InChI is InChI=1S/C25H27BF2N2O4/c1-15-11-21(33-14-17-7-8-18(27)12-20(17)28)22(26)23(31)30(15)13-16-5-9-19(10-6-16)29-24(32)34-25(2,3)4/h5-12H,13-14,26H2,1-4H3,(H,29,32). The molecule has 1 N–H and O–H groups in total. The monoisotopic (exact) mass is 468 g/mol. The molecular formula is C25H27BF2N2O4. The summed E-state index contributed by atoms with van der Waals surface area (Å²) in [5.74, 6) is -1.02. The van der Waals surface area contributed by atoms with Gasteiger partial charge in [-0.05, 0) is 63.6 Å². The third kappa shape index (κ3) is 6.46. The zero-order valence-electron chi connectivity index (χ0n) is 19.9. The van der Waals surface area contributed by atoms with Crippen LogP contribution in [0.5, 0.6) is 5.75 Å². The Balaban J connectivity index is 1.71. The Bertz CT molecular complexity index is 1250. The largest absolute Gasteiger partial charge is 0.489 e. The van der Waals surface area contributed by atoms with Gasteiger partial charge < -0.3 is 14.0 Å². The Hall–Kier alpha value is -3.62. The van der Waals surface area contributed by atoms with Crippen LogP contribution in [0.15, 0.2) is 53.3 Å². The van der Waals surface area contributed by atoms with Crippen molar-refractivity contribution >= 4 is 25.1 Å². The highest BCUT2D eigenvalue weighted by Gasteiger charge is 2.16. The fraction of sp³-hybridized carbons (Fsp3) is 0.280. The molecule has 3 aromatic rings. The van der Waals surface area contributed by atoms with Crippen molar-refractivity contribution in [1.29, 1.82) is 0 Å². The fourth-order valence-electron chi connectivity index (χ4n) is 3.28. The molecule has 0 atom stereocenters. The zero-order chi connectivity index (χ0) is 25.0. The number of anilines is 1. The van der Waals surface area contributed by atoms with E-state index in [1.165, 1.54) is 6.07 Å². The molecule has 1 amide bonds. The maximum absolute atomic E-state index is 13.9. The lowest BCUT2D eigenvalue weighted by molar-refractivity contribution is 0.0636. The van der Waals surface area contributed by atoms with Gasteiger partial charge in [0.1, 0.15) is 29.6 Å². The molecule has 0 spiro atoms. The van der Waals surface area contributed by atoms with Gasteiger partial charge in [-0.3, -0.25) is 10.1 Å². The van der Waals surface area contributed by atoms with E-state index in [1.807, 2.05) is 12.1 Å². The quantitative estimate of drug-likeness (QED) is 0.561. The smallest absolute Gasteiger partial charge is 0.412 e. The lowest BCUT2D eigenvalue weighted by Crippen LogP contribution is -2.37. The number of rotatable bonds is 6. The number of halogens is 2. The van der Waals surface area contributed by atoms with Crippen LogP contribution < -0.4 is 21.1 Å². The van der Waals surface area contributed by atoms with Gasteiger partial charge in [0, 0.05) is 28.5 Å². The normalized spacial score (nSPS) is 11.2. The van der Waals surface area contributed by atoms with Crippen molar-refractivity contribution in [2.24, 2.45) is 0 Å². The topological polar surface area (TPSA) is 69.6 Å². The lowest BCUT2D eigenvalue weighted by Gasteiger charge is -2.19. The molecule has 0 aliphatic rings. The second-order valence-electron chi connectivity index (χ2n) is 9.01. The Labute approximate surface area is 197 Å². The van der Waals surface area contributed by atoms with Gasteiger partial charge in [0.05, 0.1) is 6.54 Å². The van der Waals surface area contributed by atoms with Crippen LogP contribution in [-0.4, -0.2) is 24.1 Å². The van der Waals surface area contributed by atoms with Crippen LogP contribution in [0, 0.1) is 18.6 Å². The molecule has 0 aliphatic heterocycles. The minimum Gasteiger partial charge on any atom is -0.489 e. The average Bonchev–Trinajstić information content (AvgIpc) is 2.73. The predicted octanol–water partition coefficient (Wildman–Crippen LogP) is 3.67. The Morgan fingerprint density at radius 2 is 1.76 bits per heavy atom. The molecule has 0 unspecified atom stereocenters. The molecule has 0 saturated carbocycles. The van der Waals surface area contributed by atoms with Crippen LogP contribution in [0.1, 0.15) is 37.6 Å². The van der Waals surface area contributed by atoms with E-state index in [9.17, 15) is 18.4 Å². The SMILES string of the molecule is Bc1c(OCc2ccc(F)cc2F)cc(C)n(Cc2ccc(NC(=O)OC(C)(C)C)cc2)c1=O. The summed E-state index contributed by atoms with van der Waals surface area (Å²) in [7, 11) is 1.64. The van der Waals surface area contributed by atoms with E-state index in [1.54, 1.807) is 58.3 Å². The van der Waals surface area contributed by atoms with Crippen LogP contribution in [0.2, 0.25) is 0 Å². The maximum Gasteiger partial charge on any atom is 0.412 e. The lowest BCUT2D eigenvalue weighted by atomic mass is 9.96. The number of carbonyl (C=O) groups is 1. The van der Waals surface area contributed by atoms with E-state index >= 15 is 0 Å². The molecule has 0 saturated heterocycles. The van der Waals surface area contributed by atoms with E-state index in [-0.39, 0.29) is 17.7 Å². The summed E-state index contributed by atoms with van der Waals surface area (Å²) in [5.41, 5.74) is 1.87. The minimum absolute atomic E-state index is 0.123. The molecule has 34 heavy (non-hydrogen) atoms. The van der Waals surface area contributed by atoms with Crippen molar-refractivity contribution in [3.63, 3.8) is 0 Å². The van der Waals surface area contributed by atoms with Gasteiger partial charge in [0.25, 0.3) is 0 Å². The summed E-state index contributed by atoms with van der Waals surface area (Å²) in [4.78, 5) is 24.9. The number of aryl methyl sites for hydroxylation is 1. The van der Waals surface area contributed by atoms with E-state index < -0.39 is 23.3 Å². The van der Waals surface area contributed by atoms with Crippen molar-refractivity contribution in [3.8, 4) is 5.75 Å². The van der Waals surface area contributed by atoms with Crippen molar-refractivity contribution in [2.45, 2.75) is 46.4 Å². The third-order valence-electron chi connectivity index (χ3n) is 5.04. The second kappa shape index (κ2) is 10.1. The number of nitrogens with one attached hydrogen (secondary N) is 1. The Kier molecular flexibility index (Phi) is 7.44. The van der Waals surface area contributed by atoms with Crippen molar-refractivity contribution in [1.82, 2.24) is 4.57 Å². The van der Waals surface area contributed by atoms with Gasteiger partial charge in [-0.15, -0.1) is 0 Å². The highest BCUT2D eigenvalue weighted by atomic mass is 19.1. The Morgan fingerprint density at radius 3 is 2.38 bits per heavy atom.